The van der Waals surface area contributed by atoms with Crippen LogP contribution in [0.4, 0.5) is 34.1 Å². The van der Waals surface area contributed by atoms with Crippen molar-refractivity contribution in [2.24, 2.45) is 0 Å². The highest BCUT2D eigenvalue weighted by atomic mass is 15.2. The van der Waals surface area contributed by atoms with Crippen molar-refractivity contribution < 1.29 is 0 Å². The molecular weight excluding hydrogens is 845 g/mol. The van der Waals surface area contributed by atoms with Gasteiger partial charge in [0.25, 0.3) is 0 Å². The van der Waals surface area contributed by atoms with E-state index < -0.39 is 0 Å². The van der Waals surface area contributed by atoms with Gasteiger partial charge in [0.1, 0.15) is 0 Å². The SMILES string of the molecule is Cc1cccc(N(c2cccc(C)c2)c2ccc3ccc4c(N5c6ccccc6C(C)(C)c6cc7c(cc65)C(C)(C)c5cc6c8cccc9cccc(c%10cccc(c5-7)c%106)c98)ccc5ccc2c3c54)c1. The van der Waals surface area contributed by atoms with Gasteiger partial charge < -0.3 is 9.80 Å². The molecule has 0 fully saturated rings. The second-order valence-corrected chi connectivity index (χ2v) is 21.4. The van der Waals surface area contributed by atoms with Crippen molar-refractivity contribution in [3.05, 3.63) is 228 Å². The van der Waals surface area contributed by atoms with E-state index in [1.807, 2.05) is 0 Å². The average molecular weight is 895 g/mol. The van der Waals surface area contributed by atoms with Gasteiger partial charge in [0.05, 0.1) is 22.7 Å². The Balaban J connectivity index is 0.985. The molecule has 332 valence electrons. The summed E-state index contributed by atoms with van der Waals surface area (Å²) in [4.78, 5) is 5.06. The first kappa shape index (κ1) is 39.8. The van der Waals surface area contributed by atoms with E-state index in [1.165, 1.54) is 143 Å². The standard InChI is InChI=1S/C68H50N2/c1-39-14-9-18-44(34-39)69(45-19-10-15-40(2)35-45)58-32-28-42-27-31-50-59(33-29-43-26-30-49(58)63(42)64(43)50)70-60-25-8-7-24-54(60)67(3,4)56-37-53-55(38-61(56)70)68(5,6)57-36-52-48-21-12-17-41-16-11-20-46(62(41)48)47-22-13-23-51(65(47)52)66(53)57/h7-38H,1-6H3. The van der Waals surface area contributed by atoms with Crippen LogP contribution < -0.4 is 9.80 Å². The van der Waals surface area contributed by atoms with Gasteiger partial charge in [-0.3, -0.25) is 0 Å². The highest BCUT2D eigenvalue weighted by Gasteiger charge is 2.43. The molecule has 0 bridgehead atoms. The predicted molar refractivity (Wildman–Crippen MR) is 300 cm³/mol. The number of hydrogen-bond acceptors (Lipinski definition) is 2. The fourth-order valence-electron chi connectivity index (χ4n) is 13.5. The molecule has 2 aliphatic rings. The molecule has 0 aromatic heterocycles. The topological polar surface area (TPSA) is 6.48 Å². The Labute approximate surface area is 408 Å². The van der Waals surface area contributed by atoms with Gasteiger partial charge in [-0.25, -0.2) is 0 Å². The molecule has 0 radical (unpaired) electrons. The summed E-state index contributed by atoms with van der Waals surface area (Å²) in [5, 5.41) is 18.3. The molecule has 1 aliphatic heterocycles. The Hall–Kier alpha value is -8.20. The van der Waals surface area contributed by atoms with E-state index in [0.717, 1.165) is 11.4 Å². The number of nitrogens with zero attached hydrogens (tertiary/aromatic N) is 2. The number of anilines is 6. The number of aryl methyl sites for hydroxylation is 2. The van der Waals surface area contributed by atoms with Gasteiger partial charge in [0.2, 0.25) is 0 Å². The Morgan fingerprint density at radius 2 is 0.914 bits per heavy atom. The zero-order chi connectivity index (χ0) is 46.9. The van der Waals surface area contributed by atoms with Crippen LogP contribution in [0.25, 0.3) is 86.5 Å². The molecule has 13 aromatic rings. The maximum Gasteiger partial charge on any atom is 0.0540 e. The fraction of sp³-hybridized carbons (Fsp3) is 0.118. The quantitative estimate of drug-likeness (QED) is 0.128. The zero-order valence-corrected chi connectivity index (χ0v) is 40.4. The monoisotopic (exact) mass is 894 g/mol. The molecule has 2 heteroatoms. The summed E-state index contributed by atoms with van der Waals surface area (Å²) in [6.45, 7) is 14.2. The third-order valence-electron chi connectivity index (χ3n) is 16.8. The summed E-state index contributed by atoms with van der Waals surface area (Å²) in [6.07, 6.45) is 0. The van der Waals surface area contributed by atoms with Crippen molar-refractivity contribution in [3.8, 4) is 11.1 Å². The van der Waals surface area contributed by atoms with Crippen LogP contribution in [0.3, 0.4) is 0 Å². The minimum absolute atomic E-state index is 0.252. The summed E-state index contributed by atoms with van der Waals surface area (Å²) in [7, 11) is 0. The molecule has 0 N–H and O–H groups in total. The van der Waals surface area contributed by atoms with E-state index in [9.17, 15) is 0 Å². The first-order valence-corrected chi connectivity index (χ1v) is 24.9. The van der Waals surface area contributed by atoms with Crippen LogP contribution >= 0.6 is 0 Å². The van der Waals surface area contributed by atoms with Crippen LogP contribution in [-0.4, -0.2) is 0 Å². The van der Waals surface area contributed by atoms with E-state index in [1.54, 1.807) is 0 Å². The molecule has 15 rings (SSSR count). The lowest BCUT2D eigenvalue weighted by Gasteiger charge is -2.43. The molecule has 0 saturated carbocycles. The molecule has 1 aliphatic carbocycles. The van der Waals surface area contributed by atoms with Crippen molar-refractivity contribution in [2.45, 2.75) is 52.4 Å². The van der Waals surface area contributed by atoms with Crippen molar-refractivity contribution in [1.82, 2.24) is 0 Å². The second kappa shape index (κ2) is 13.7. The van der Waals surface area contributed by atoms with Gasteiger partial charge in [0.15, 0.2) is 0 Å². The number of benzene rings is 13. The molecule has 13 aromatic carbocycles. The van der Waals surface area contributed by atoms with Crippen LogP contribution in [-0.2, 0) is 10.8 Å². The number of hydrogen-bond donors (Lipinski definition) is 0. The highest BCUT2D eigenvalue weighted by Crippen LogP contribution is 2.60. The summed E-state index contributed by atoms with van der Waals surface area (Å²) in [5.41, 5.74) is 17.4. The smallest absolute Gasteiger partial charge is 0.0540 e. The Kier molecular flexibility index (Phi) is 7.80. The van der Waals surface area contributed by atoms with Crippen molar-refractivity contribution >= 4 is 110 Å². The van der Waals surface area contributed by atoms with Crippen LogP contribution in [0.1, 0.15) is 61.1 Å². The van der Waals surface area contributed by atoms with E-state index in [2.05, 4.69) is 245 Å². The normalized spacial score (nSPS) is 14.6. The van der Waals surface area contributed by atoms with Gasteiger partial charge in [-0.15, -0.1) is 0 Å². The number of fused-ring (bicyclic) bond motifs is 8. The van der Waals surface area contributed by atoms with Gasteiger partial charge in [0, 0.05) is 33.0 Å². The van der Waals surface area contributed by atoms with Gasteiger partial charge >= 0.3 is 0 Å². The van der Waals surface area contributed by atoms with E-state index >= 15 is 0 Å². The molecule has 70 heavy (non-hydrogen) atoms. The number of para-hydroxylation sites is 1. The van der Waals surface area contributed by atoms with Crippen molar-refractivity contribution in [3.63, 3.8) is 0 Å². The Morgan fingerprint density at radius 3 is 1.64 bits per heavy atom. The minimum Gasteiger partial charge on any atom is -0.310 e. The maximum absolute atomic E-state index is 2.61. The van der Waals surface area contributed by atoms with Crippen LogP contribution in [0.5, 0.6) is 0 Å². The fourth-order valence-corrected chi connectivity index (χ4v) is 13.5. The zero-order valence-electron chi connectivity index (χ0n) is 40.4. The molecule has 0 amide bonds. The molecule has 0 saturated heterocycles. The first-order valence-electron chi connectivity index (χ1n) is 24.9. The lowest BCUT2D eigenvalue weighted by atomic mass is 9.71. The average Bonchev–Trinajstić information content (AvgIpc) is 3.59. The lowest BCUT2D eigenvalue weighted by Crippen LogP contribution is -2.31. The lowest BCUT2D eigenvalue weighted by molar-refractivity contribution is 0.627. The largest absolute Gasteiger partial charge is 0.310 e. The molecule has 0 unspecified atom stereocenters. The molecule has 0 spiro atoms. The summed E-state index contributed by atoms with van der Waals surface area (Å²) in [6, 6.07) is 74.2. The highest BCUT2D eigenvalue weighted by molar-refractivity contribution is 6.35. The van der Waals surface area contributed by atoms with E-state index in [-0.39, 0.29) is 10.8 Å². The molecule has 2 nitrogen and oxygen atoms in total. The third-order valence-corrected chi connectivity index (χ3v) is 16.8. The van der Waals surface area contributed by atoms with Gasteiger partial charge in [-0.2, -0.15) is 0 Å². The van der Waals surface area contributed by atoms with Crippen LogP contribution in [0.2, 0.25) is 0 Å². The first-order chi connectivity index (χ1) is 34.1. The number of rotatable bonds is 4. The summed E-state index contributed by atoms with van der Waals surface area (Å²) < 4.78 is 0. The Bertz CT molecular complexity index is 4350. The predicted octanol–water partition coefficient (Wildman–Crippen LogP) is 19.1. The minimum atomic E-state index is -0.265. The van der Waals surface area contributed by atoms with Crippen molar-refractivity contribution in [2.75, 3.05) is 9.80 Å². The second-order valence-electron chi connectivity index (χ2n) is 21.4. The summed E-state index contributed by atoms with van der Waals surface area (Å²) >= 11 is 0. The van der Waals surface area contributed by atoms with Crippen LogP contribution in [0, 0.1) is 13.8 Å². The maximum atomic E-state index is 2.61. The van der Waals surface area contributed by atoms with Crippen molar-refractivity contribution in [1.29, 1.82) is 0 Å². The van der Waals surface area contributed by atoms with E-state index in [4.69, 9.17) is 0 Å². The summed E-state index contributed by atoms with van der Waals surface area (Å²) in [5.74, 6) is 0. The Morgan fingerprint density at radius 1 is 0.343 bits per heavy atom. The van der Waals surface area contributed by atoms with E-state index in [0.29, 0.717) is 0 Å². The third kappa shape index (κ3) is 5.13. The molecular formula is C68H50N2. The molecule has 1 heterocycles. The van der Waals surface area contributed by atoms with Crippen LogP contribution in [0.15, 0.2) is 194 Å². The van der Waals surface area contributed by atoms with Gasteiger partial charge in [-0.05, 0) is 184 Å². The van der Waals surface area contributed by atoms with Gasteiger partial charge in [-0.1, -0.05) is 161 Å². The molecule has 0 atom stereocenters.